The van der Waals surface area contributed by atoms with E-state index < -0.39 is 0 Å². The molecule has 0 aliphatic carbocycles. The summed E-state index contributed by atoms with van der Waals surface area (Å²) in [4.78, 5) is 2.24. The van der Waals surface area contributed by atoms with Gasteiger partial charge in [-0.1, -0.05) is 42.8 Å². The number of hydrogen-bond acceptors (Lipinski definition) is 1. The molecule has 0 aliphatic rings. The molecule has 1 aromatic rings. The Morgan fingerprint density at radius 1 is 1.11 bits per heavy atom. The Bertz CT molecular complexity index is 435. The molecule has 0 radical (unpaired) electrons. The lowest BCUT2D eigenvalue weighted by molar-refractivity contribution is 1.01. The Balaban J connectivity index is 3.11. The Morgan fingerprint density at radius 2 is 1.78 bits per heavy atom. The zero-order valence-electron chi connectivity index (χ0n) is 11.9. The molecule has 0 spiro atoms. The maximum Gasteiger partial charge on any atom is 0.0452 e. The summed E-state index contributed by atoms with van der Waals surface area (Å²) in [6, 6.07) is 8.62. The highest BCUT2D eigenvalue weighted by molar-refractivity contribution is 5.56. The summed E-state index contributed by atoms with van der Waals surface area (Å²) in [7, 11) is 0. The van der Waals surface area contributed by atoms with E-state index in [9.17, 15) is 0 Å². The second kappa shape index (κ2) is 7.54. The molecule has 0 N–H and O–H groups in total. The summed E-state index contributed by atoms with van der Waals surface area (Å²) < 4.78 is 0. The van der Waals surface area contributed by atoms with E-state index in [1.165, 1.54) is 16.9 Å². The minimum Gasteiger partial charge on any atom is -0.321 e. The van der Waals surface area contributed by atoms with E-state index >= 15 is 0 Å². The van der Waals surface area contributed by atoms with E-state index in [0.717, 1.165) is 6.42 Å². The first-order valence-electron chi connectivity index (χ1n) is 6.53. The Kier molecular flexibility index (Phi) is 5.99. The van der Waals surface area contributed by atoms with E-state index in [2.05, 4.69) is 73.5 Å². The van der Waals surface area contributed by atoms with Gasteiger partial charge in [-0.05, 0) is 45.4 Å². The minimum absolute atomic E-state index is 1.00. The second-order valence-corrected chi connectivity index (χ2v) is 4.23. The fraction of sp³-hybridized carbons (Fsp3) is 0.294. The number of benzene rings is 1. The van der Waals surface area contributed by atoms with Crippen LogP contribution in [0.1, 0.15) is 32.8 Å². The van der Waals surface area contributed by atoms with Gasteiger partial charge in [0.25, 0.3) is 0 Å². The van der Waals surface area contributed by atoms with Gasteiger partial charge >= 0.3 is 0 Å². The van der Waals surface area contributed by atoms with Gasteiger partial charge in [0.1, 0.15) is 0 Å². The van der Waals surface area contributed by atoms with Crippen LogP contribution < -0.4 is 4.90 Å². The van der Waals surface area contributed by atoms with Crippen LogP contribution in [0.5, 0.6) is 0 Å². The molecule has 96 valence electrons. The Labute approximate surface area is 111 Å². The molecule has 0 atom stereocenters. The minimum atomic E-state index is 1.00. The maximum absolute atomic E-state index is 2.24. The highest BCUT2D eigenvalue weighted by Crippen LogP contribution is 2.22. The molecule has 18 heavy (non-hydrogen) atoms. The summed E-state index contributed by atoms with van der Waals surface area (Å²) in [6.45, 7) is 8.37. The third-order valence-electron chi connectivity index (χ3n) is 2.76. The zero-order chi connectivity index (χ0) is 13.4. The highest BCUT2D eigenvalue weighted by Gasteiger charge is 2.06. The van der Waals surface area contributed by atoms with Gasteiger partial charge in [-0.25, -0.2) is 0 Å². The molecule has 1 rings (SSSR count). The van der Waals surface area contributed by atoms with Crippen molar-refractivity contribution in [2.24, 2.45) is 0 Å². The first-order valence-corrected chi connectivity index (χ1v) is 6.53. The van der Waals surface area contributed by atoms with E-state index in [-0.39, 0.29) is 0 Å². The predicted octanol–water partition coefficient (Wildman–Crippen LogP) is 5.21. The highest BCUT2D eigenvalue weighted by atomic mass is 15.1. The third-order valence-corrected chi connectivity index (χ3v) is 2.76. The molecular formula is C17H23N. The van der Waals surface area contributed by atoms with E-state index in [0.29, 0.717) is 0 Å². The largest absolute Gasteiger partial charge is 0.321 e. The molecule has 0 saturated heterocycles. The van der Waals surface area contributed by atoms with Gasteiger partial charge in [0, 0.05) is 17.6 Å². The normalized spacial score (nSPS) is 12.6. The van der Waals surface area contributed by atoms with Crippen molar-refractivity contribution < 1.29 is 0 Å². The number of aryl methyl sites for hydroxylation is 1. The summed E-state index contributed by atoms with van der Waals surface area (Å²) in [5, 5.41) is 0. The molecule has 0 aromatic heterocycles. The van der Waals surface area contributed by atoms with Crippen LogP contribution in [0.2, 0.25) is 0 Å². The smallest absolute Gasteiger partial charge is 0.0452 e. The fourth-order valence-corrected chi connectivity index (χ4v) is 1.78. The molecule has 0 fully saturated rings. The summed E-state index contributed by atoms with van der Waals surface area (Å²) in [5.41, 5.74) is 3.78. The molecule has 0 bridgehead atoms. The van der Waals surface area contributed by atoms with E-state index in [1.807, 2.05) is 13.8 Å². The van der Waals surface area contributed by atoms with E-state index in [4.69, 9.17) is 0 Å². The average molecular weight is 241 g/mol. The number of allylic oxidation sites excluding steroid dienone is 5. The lowest BCUT2D eigenvalue weighted by atomic mass is 10.2. The van der Waals surface area contributed by atoms with Gasteiger partial charge in [-0.15, -0.1) is 0 Å². The molecule has 0 aliphatic heterocycles. The lowest BCUT2D eigenvalue weighted by Gasteiger charge is -2.23. The third kappa shape index (κ3) is 3.92. The molecule has 0 heterocycles. The van der Waals surface area contributed by atoms with Crippen LogP contribution in [0, 0.1) is 6.92 Å². The molecule has 0 saturated carbocycles. The number of anilines is 1. The molecule has 0 unspecified atom stereocenters. The van der Waals surface area contributed by atoms with Crippen LogP contribution >= 0.6 is 0 Å². The molecule has 0 amide bonds. The van der Waals surface area contributed by atoms with Gasteiger partial charge in [-0.3, -0.25) is 0 Å². The van der Waals surface area contributed by atoms with Gasteiger partial charge in [0.15, 0.2) is 0 Å². The monoisotopic (exact) mass is 241 g/mol. The van der Waals surface area contributed by atoms with Crippen molar-refractivity contribution in [2.45, 2.75) is 34.1 Å². The van der Waals surface area contributed by atoms with Crippen LogP contribution in [0.15, 0.2) is 60.5 Å². The fourth-order valence-electron chi connectivity index (χ4n) is 1.78. The van der Waals surface area contributed by atoms with Crippen molar-refractivity contribution in [2.75, 3.05) is 4.90 Å². The van der Waals surface area contributed by atoms with Gasteiger partial charge < -0.3 is 4.90 Å². The van der Waals surface area contributed by atoms with Gasteiger partial charge in [0.2, 0.25) is 0 Å². The first kappa shape index (κ1) is 14.3. The summed E-state index contributed by atoms with van der Waals surface area (Å²) in [6.07, 6.45) is 11.5. The first-order chi connectivity index (χ1) is 8.72. The topological polar surface area (TPSA) is 3.24 Å². The quantitative estimate of drug-likeness (QED) is 0.640. The molecule has 1 nitrogen and oxygen atoms in total. The SMILES string of the molecule is C/C=C\C=C(/CC)N(/C=C/C)c1ccc(C)cc1. The molecular weight excluding hydrogens is 218 g/mol. The number of hydrogen-bond donors (Lipinski definition) is 0. The standard InChI is InChI=1S/C17H23N/c1-5-8-9-16(7-3)18(14-6-2)17-12-10-15(4)11-13-17/h5-6,8-14H,7H2,1-4H3/b8-5-,14-6+,16-9+. The van der Waals surface area contributed by atoms with Crippen molar-refractivity contribution in [3.63, 3.8) is 0 Å². The van der Waals surface area contributed by atoms with E-state index in [1.54, 1.807) is 0 Å². The Hall–Kier alpha value is -1.76. The molecule has 1 aromatic carbocycles. The van der Waals surface area contributed by atoms with Crippen LogP contribution in [-0.4, -0.2) is 0 Å². The summed E-state index contributed by atoms with van der Waals surface area (Å²) in [5.74, 6) is 0. The molecule has 1 heteroatoms. The average Bonchev–Trinajstić information content (AvgIpc) is 2.39. The summed E-state index contributed by atoms with van der Waals surface area (Å²) >= 11 is 0. The van der Waals surface area contributed by atoms with Crippen molar-refractivity contribution in [3.8, 4) is 0 Å². The van der Waals surface area contributed by atoms with Gasteiger partial charge in [-0.2, -0.15) is 0 Å². The van der Waals surface area contributed by atoms with Crippen LogP contribution in [-0.2, 0) is 0 Å². The zero-order valence-corrected chi connectivity index (χ0v) is 11.9. The van der Waals surface area contributed by atoms with Crippen molar-refractivity contribution in [1.82, 2.24) is 0 Å². The number of nitrogens with zero attached hydrogens (tertiary/aromatic N) is 1. The van der Waals surface area contributed by atoms with Crippen molar-refractivity contribution >= 4 is 5.69 Å². The predicted molar refractivity (Wildman–Crippen MR) is 81.7 cm³/mol. The Morgan fingerprint density at radius 3 is 2.28 bits per heavy atom. The number of rotatable bonds is 5. The van der Waals surface area contributed by atoms with Crippen LogP contribution in [0.25, 0.3) is 0 Å². The van der Waals surface area contributed by atoms with Crippen LogP contribution in [0.4, 0.5) is 5.69 Å². The van der Waals surface area contributed by atoms with Crippen molar-refractivity contribution in [3.05, 3.63) is 66.0 Å². The maximum atomic E-state index is 2.24. The lowest BCUT2D eigenvalue weighted by Crippen LogP contribution is -2.14. The second-order valence-electron chi connectivity index (χ2n) is 4.23. The van der Waals surface area contributed by atoms with Crippen molar-refractivity contribution in [1.29, 1.82) is 0 Å². The van der Waals surface area contributed by atoms with Crippen LogP contribution in [0.3, 0.4) is 0 Å². The van der Waals surface area contributed by atoms with Gasteiger partial charge in [0.05, 0.1) is 0 Å².